The van der Waals surface area contributed by atoms with Crippen LogP contribution >= 0.6 is 0 Å². The van der Waals surface area contributed by atoms with Gasteiger partial charge in [0.25, 0.3) is 0 Å². The summed E-state index contributed by atoms with van der Waals surface area (Å²) in [6.45, 7) is 2.69. The van der Waals surface area contributed by atoms with Gasteiger partial charge in [-0.2, -0.15) is 0 Å². The van der Waals surface area contributed by atoms with Gasteiger partial charge in [-0.25, -0.2) is 0 Å². The van der Waals surface area contributed by atoms with Gasteiger partial charge in [-0.15, -0.1) is 0 Å². The van der Waals surface area contributed by atoms with Crippen molar-refractivity contribution in [3.8, 4) is 0 Å². The second-order valence-corrected chi connectivity index (χ2v) is 3.53. The Hall–Kier alpha value is -1.14. The summed E-state index contributed by atoms with van der Waals surface area (Å²) < 4.78 is 20.3. The Morgan fingerprint density at radius 1 is 1.31 bits per heavy atom. The van der Waals surface area contributed by atoms with E-state index in [4.69, 9.17) is 18.9 Å². The molecule has 0 saturated carbocycles. The van der Waals surface area contributed by atoms with E-state index < -0.39 is 30.4 Å². The third-order valence-corrected chi connectivity index (χ3v) is 2.20. The van der Waals surface area contributed by atoms with E-state index in [0.717, 1.165) is 0 Å². The van der Waals surface area contributed by atoms with Crippen LogP contribution in [0.25, 0.3) is 0 Å². The lowest BCUT2D eigenvalue weighted by Gasteiger charge is -2.17. The van der Waals surface area contributed by atoms with Crippen LogP contribution < -0.4 is 0 Å². The monoisotopic (exact) mass is 232 g/mol. The van der Waals surface area contributed by atoms with E-state index in [2.05, 4.69) is 0 Å². The summed E-state index contributed by atoms with van der Waals surface area (Å²) in [5.41, 5.74) is 0. The molecule has 1 aliphatic heterocycles. The van der Waals surface area contributed by atoms with Gasteiger partial charge in [-0.1, -0.05) is 0 Å². The fourth-order valence-electron chi connectivity index (χ4n) is 1.51. The van der Waals surface area contributed by atoms with Crippen LogP contribution in [0, 0.1) is 0 Å². The zero-order valence-electron chi connectivity index (χ0n) is 9.60. The molecule has 0 spiro atoms. The predicted molar refractivity (Wildman–Crippen MR) is 52.5 cm³/mol. The van der Waals surface area contributed by atoms with Gasteiger partial charge in [0.2, 0.25) is 0 Å². The van der Waals surface area contributed by atoms with Gasteiger partial charge in [0, 0.05) is 27.4 Å². The maximum Gasteiger partial charge on any atom is 0.303 e. The van der Waals surface area contributed by atoms with Crippen molar-refractivity contribution in [2.45, 2.75) is 38.8 Å². The fourth-order valence-corrected chi connectivity index (χ4v) is 1.51. The third kappa shape index (κ3) is 3.79. The Morgan fingerprint density at radius 2 is 2.00 bits per heavy atom. The molecular formula is C10H16O6. The molecule has 16 heavy (non-hydrogen) atoms. The molecule has 0 bridgehead atoms. The third-order valence-electron chi connectivity index (χ3n) is 2.20. The Bertz CT molecular complexity index is 264. The van der Waals surface area contributed by atoms with Crippen LogP contribution in [-0.2, 0) is 28.5 Å². The fraction of sp³-hybridized carbons (Fsp3) is 0.800. The zero-order valence-corrected chi connectivity index (χ0v) is 9.60. The first-order valence-electron chi connectivity index (χ1n) is 5.01. The van der Waals surface area contributed by atoms with E-state index in [1.54, 1.807) is 0 Å². The Morgan fingerprint density at radius 3 is 2.50 bits per heavy atom. The van der Waals surface area contributed by atoms with Crippen molar-refractivity contribution in [3.05, 3.63) is 0 Å². The highest BCUT2D eigenvalue weighted by Crippen LogP contribution is 2.24. The van der Waals surface area contributed by atoms with Crippen molar-refractivity contribution in [3.63, 3.8) is 0 Å². The molecule has 0 aliphatic carbocycles. The van der Waals surface area contributed by atoms with Crippen molar-refractivity contribution in [1.29, 1.82) is 0 Å². The molecule has 0 radical (unpaired) electrons. The minimum atomic E-state index is -0.460. The zero-order chi connectivity index (χ0) is 12.1. The topological polar surface area (TPSA) is 71.1 Å². The lowest BCUT2D eigenvalue weighted by molar-refractivity contribution is -0.161. The van der Waals surface area contributed by atoms with Gasteiger partial charge in [0.05, 0.1) is 0 Å². The highest BCUT2D eigenvalue weighted by Gasteiger charge is 2.38. The molecule has 1 saturated heterocycles. The summed E-state index contributed by atoms with van der Waals surface area (Å²) in [5.74, 6) is -0.788. The van der Waals surface area contributed by atoms with Crippen LogP contribution in [-0.4, -0.2) is 44.2 Å². The van der Waals surface area contributed by atoms with Gasteiger partial charge >= 0.3 is 11.9 Å². The van der Waals surface area contributed by atoms with E-state index in [1.165, 1.54) is 21.0 Å². The lowest BCUT2D eigenvalue weighted by Crippen LogP contribution is -2.31. The average molecular weight is 232 g/mol. The van der Waals surface area contributed by atoms with Crippen LogP contribution in [0.4, 0.5) is 0 Å². The van der Waals surface area contributed by atoms with Crippen molar-refractivity contribution in [2.24, 2.45) is 0 Å². The van der Waals surface area contributed by atoms with Crippen molar-refractivity contribution >= 4 is 11.9 Å². The second kappa shape index (κ2) is 5.81. The van der Waals surface area contributed by atoms with Crippen molar-refractivity contribution in [2.75, 3.05) is 13.7 Å². The summed E-state index contributed by atoms with van der Waals surface area (Å²) in [5, 5.41) is 0. The van der Waals surface area contributed by atoms with E-state index in [0.29, 0.717) is 6.42 Å². The molecule has 1 heterocycles. The first-order valence-corrected chi connectivity index (χ1v) is 5.01. The number of ether oxygens (including phenoxy) is 4. The molecule has 0 aromatic heterocycles. The van der Waals surface area contributed by atoms with E-state index >= 15 is 0 Å². The lowest BCUT2D eigenvalue weighted by atomic mass is 10.2. The SMILES string of the molecule is CO[C@H]1CC(OC(C)=O)[C@@H](COC(C)=O)O1. The van der Waals surface area contributed by atoms with Crippen LogP contribution in [0.3, 0.4) is 0 Å². The summed E-state index contributed by atoms with van der Waals surface area (Å²) in [6, 6.07) is 0. The number of carbonyl (C=O) groups excluding carboxylic acids is 2. The minimum Gasteiger partial charge on any atom is -0.463 e. The van der Waals surface area contributed by atoms with Gasteiger partial charge in [0.15, 0.2) is 6.29 Å². The predicted octanol–water partition coefficient (Wildman–Crippen LogP) is 0.243. The standard InChI is InChI=1S/C10H16O6/c1-6(11)14-5-9-8(15-7(2)12)4-10(13-3)16-9/h8-10H,4-5H2,1-3H3/t8?,9-,10-/m1/s1. The Balaban J connectivity index is 2.49. The molecule has 1 aliphatic rings. The molecular weight excluding hydrogens is 216 g/mol. The Labute approximate surface area is 93.8 Å². The maximum atomic E-state index is 10.9. The summed E-state index contributed by atoms with van der Waals surface area (Å²) in [6.07, 6.45) is -0.869. The van der Waals surface area contributed by atoms with Crippen molar-refractivity contribution in [1.82, 2.24) is 0 Å². The van der Waals surface area contributed by atoms with Crippen LogP contribution in [0.15, 0.2) is 0 Å². The number of hydrogen-bond acceptors (Lipinski definition) is 6. The normalized spacial score (nSPS) is 28.8. The van der Waals surface area contributed by atoms with E-state index in [1.807, 2.05) is 0 Å². The molecule has 6 nitrogen and oxygen atoms in total. The summed E-state index contributed by atoms with van der Waals surface area (Å²) >= 11 is 0. The molecule has 0 aromatic carbocycles. The molecule has 3 atom stereocenters. The summed E-state index contributed by atoms with van der Waals surface area (Å²) in [7, 11) is 1.50. The van der Waals surface area contributed by atoms with E-state index in [-0.39, 0.29) is 6.61 Å². The van der Waals surface area contributed by atoms with Crippen LogP contribution in [0.1, 0.15) is 20.3 Å². The van der Waals surface area contributed by atoms with Gasteiger partial charge in [-0.3, -0.25) is 9.59 Å². The number of carbonyl (C=O) groups is 2. The first-order chi connectivity index (χ1) is 7.52. The van der Waals surface area contributed by atoms with Gasteiger partial charge < -0.3 is 18.9 Å². The molecule has 92 valence electrons. The Kier molecular flexibility index (Phi) is 4.70. The number of methoxy groups -OCH3 is 1. The van der Waals surface area contributed by atoms with Gasteiger partial charge in [-0.05, 0) is 0 Å². The minimum absolute atomic E-state index is 0.0626. The number of rotatable bonds is 4. The maximum absolute atomic E-state index is 10.9. The van der Waals surface area contributed by atoms with E-state index in [9.17, 15) is 9.59 Å². The van der Waals surface area contributed by atoms with Crippen LogP contribution in [0.2, 0.25) is 0 Å². The summed E-state index contributed by atoms with van der Waals surface area (Å²) in [4.78, 5) is 21.5. The van der Waals surface area contributed by atoms with Crippen molar-refractivity contribution < 1.29 is 28.5 Å². The highest BCUT2D eigenvalue weighted by molar-refractivity contribution is 5.66. The molecule has 6 heteroatoms. The molecule has 0 amide bonds. The number of esters is 2. The quantitative estimate of drug-likeness (QED) is 0.647. The molecule has 1 fully saturated rings. The van der Waals surface area contributed by atoms with Gasteiger partial charge in [0.1, 0.15) is 18.8 Å². The second-order valence-electron chi connectivity index (χ2n) is 3.53. The molecule has 0 aromatic rings. The largest absolute Gasteiger partial charge is 0.463 e. The van der Waals surface area contributed by atoms with Crippen LogP contribution in [0.5, 0.6) is 0 Å². The first kappa shape index (κ1) is 12.9. The molecule has 1 unspecified atom stereocenters. The molecule has 0 N–H and O–H groups in total. The average Bonchev–Trinajstić information content (AvgIpc) is 2.56. The molecule has 1 rings (SSSR count). The smallest absolute Gasteiger partial charge is 0.303 e. The number of hydrogen-bond donors (Lipinski definition) is 0. The highest BCUT2D eigenvalue weighted by atomic mass is 16.7.